The fourth-order valence-corrected chi connectivity index (χ4v) is 4.50. The van der Waals surface area contributed by atoms with E-state index >= 15 is 0 Å². The second-order valence-electron chi connectivity index (χ2n) is 8.81. The molecule has 0 spiro atoms. The molecule has 1 aliphatic rings. The third-order valence-corrected chi connectivity index (χ3v) is 6.33. The van der Waals surface area contributed by atoms with Crippen LogP contribution in [0.25, 0.3) is 5.69 Å². The number of benzene rings is 2. The minimum Gasteiger partial charge on any atom is -0.497 e. The standard InChI is InChI=1S/C27H33N3O/c1-18(2)22-8-6-21(7-9-22)17-28-24-11-10-23(16-24)27-19(3)29-30(20(27)4)25-12-14-26(31-5)15-13-25/h6-15,18,23-24,28H,16-17H2,1-5H3/t23-,24+/m0/s1. The normalized spacial score (nSPS) is 18.1. The van der Waals surface area contributed by atoms with Crippen molar-refractivity contribution >= 4 is 0 Å². The van der Waals surface area contributed by atoms with E-state index in [-0.39, 0.29) is 0 Å². The zero-order valence-electron chi connectivity index (χ0n) is 19.2. The van der Waals surface area contributed by atoms with Gasteiger partial charge in [0.2, 0.25) is 0 Å². The van der Waals surface area contributed by atoms with Gasteiger partial charge in [0.25, 0.3) is 0 Å². The largest absolute Gasteiger partial charge is 0.497 e. The van der Waals surface area contributed by atoms with Gasteiger partial charge in [0.15, 0.2) is 0 Å². The average molecular weight is 416 g/mol. The summed E-state index contributed by atoms with van der Waals surface area (Å²) in [7, 11) is 1.69. The minimum absolute atomic E-state index is 0.387. The van der Waals surface area contributed by atoms with Crippen LogP contribution in [0, 0.1) is 13.8 Å². The van der Waals surface area contributed by atoms with Crippen LogP contribution < -0.4 is 10.1 Å². The number of nitrogens with zero attached hydrogens (tertiary/aromatic N) is 2. The molecule has 1 aromatic heterocycles. The number of hydrogen-bond donors (Lipinski definition) is 1. The lowest BCUT2D eigenvalue weighted by Crippen LogP contribution is -2.25. The minimum atomic E-state index is 0.387. The van der Waals surface area contributed by atoms with Gasteiger partial charge in [0, 0.05) is 29.8 Å². The van der Waals surface area contributed by atoms with Gasteiger partial charge >= 0.3 is 0 Å². The smallest absolute Gasteiger partial charge is 0.119 e. The van der Waals surface area contributed by atoms with Gasteiger partial charge in [-0.3, -0.25) is 0 Å². The van der Waals surface area contributed by atoms with Gasteiger partial charge in [0.05, 0.1) is 18.5 Å². The van der Waals surface area contributed by atoms with Crippen LogP contribution in [0.2, 0.25) is 0 Å². The summed E-state index contributed by atoms with van der Waals surface area (Å²) < 4.78 is 7.33. The number of aryl methyl sites for hydroxylation is 1. The van der Waals surface area contributed by atoms with Crippen molar-refractivity contribution in [3.8, 4) is 11.4 Å². The molecule has 2 aromatic carbocycles. The van der Waals surface area contributed by atoms with E-state index < -0.39 is 0 Å². The lowest BCUT2D eigenvalue weighted by Gasteiger charge is -2.15. The SMILES string of the molecule is COc1ccc(-n2nc(C)c([C@H]3C=C[C@@H](NCc4ccc(C(C)C)cc4)C3)c2C)cc1. The highest BCUT2D eigenvalue weighted by molar-refractivity contribution is 5.43. The molecule has 0 unspecified atom stereocenters. The van der Waals surface area contributed by atoms with E-state index in [9.17, 15) is 0 Å². The van der Waals surface area contributed by atoms with Crippen LogP contribution in [0.5, 0.6) is 5.75 Å². The topological polar surface area (TPSA) is 39.1 Å². The first-order chi connectivity index (χ1) is 15.0. The summed E-state index contributed by atoms with van der Waals surface area (Å²) in [5, 5.41) is 8.55. The molecule has 162 valence electrons. The van der Waals surface area contributed by atoms with E-state index in [4.69, 9.17) is 9.84 Å². The molecular weight excluding hydrogens is 382 g/mol. The molecule has 31 heavy (non-hydrogen) atoms. The molecule has 4 heteroatoms. The van der Waals surface area contributed by atoms with Crippen molar-refractivity contribution in [3.63, 3.8) is 0 Å². The Bertz CT molecular complexity index is 1050. The Hall–Kier alpha value is -2.85. The lowest BCUT2D eigenvalue weighted by atomic mass is 9.95. The van der Waals surface area contributed by atoms with Gasteiger partial charge in [0.1, 0.15) is 5.75 Å². The Balaban J connectivity index is 1.42. The van der Waals surface area contributed by atoms with E-state index in [1.807, 2.05) is 12.1 Å². The summed E-state index contributed by atoms with van der Waals surface area (Å²) in [6, 6.07) is 17.4. The molecule has 2 atom stereocenters. The van der Waals surface area contributed by atoms with Crippen LogP contribution in [0.1, 0.15) is 60.2 Å². The lowest BCUT2D eigenvalue weighted by molar-refractivity contribution is 0.414. The number of aromatic nitrogens is 2. The third-order valence-electron chi connectivity index (χ3n) is 6.33. The molecule has 4 nitrogen and oxygen atoms in total. The van der Waals surface area contributed by atoms with Crippen molar-refractivity contribution < 1.29 is 4.74 Å². The summed E-state index contributed by atoms with van der Waals surface area (Å²) in [5.41, 5.74) is 7.45. The molecule has 0 saturated carbocycles. The third kappa shape index (κ3) is 4.59. The number of methoxy groups -OCH3 is 1. The van der Waals surface area contributed by atoms with E-state index in [2.05, 4.69) is 86.2 Å². The molecule has 0 bridgehead atoms. The Morgan fingerprint density at radius 3 is 2.39 bits per heavy atom. The Morgan fingerprint density at radius 1 is 1.03 bits per heavy atom. The van der Waals surface area contributed by atoms with Crippen molar-refractivity contribution in [1.82, 2.24) is 15.1 Å². The first-order valence-corrected chi connectivity index (χ1v) is 11.2. The van der Waals surface area contributed by atoms with E-state index in [0.29, 0.717) is 17.9 Å². The van der Waals surface area contributed by atoms with Crippen molar-refractivity contribution in [3.05, 3.63) is 88.8 Å². The van der Waals surface area contributed by atoms with Crippen molar-refractivity contribution in [2.24, 2.45) is 0 Å². The fraction of sp³-hybridized carbons (Fsp3) is 0.370. The molecular formula is C27H33N3O. The molecule has 0 fully saturated rings. The van der Waals surface area contributed by atoms with Crippen LogP contribution in [0.3, 0.4) is 0 Å². The number of hydrogen-bond acceptors (Lipinski definition) is 3. The molecule has 0 amide bonds. The van der Waals surface area contributed by atoms with Gasteiger partial charge in [-0.1, -0.05) is 50.3 Å². The zero-order chi connectivity index (χ0) is 22.0. The zero-order valence-corrected chi connectivity index (χ0v) is 19.2. The first kappa shape index (κ1) is 21.4. The van der Waals surface area contributed by atoms with E-state index in [1.54, 1.807) is 7.11 Å². The Kier molecular flexibility index (Phi) is 6.28. The summed E-state index contributed by atoms with van der Waals surface area (Å²) in [4.78, 5) is 0. The Labute approximate surface area is 186 Å². The highest BCUT2D eigenvalue weighted by Crippen LogP contribution is 2.34. The van der Waals surface area contributed by atoms with Gasteiger partial charge in [-0.25, -0.2) is 4.68 Å². The van der Waals surface area contributed by atoms with E-state index in [0.717, 1.165) is 30.1 Å². The molecule has 0 aliphatic heterocycles. The van der Waals surface area contributed by atoms with Crippen LogP contribution in [0.15, 0.2) is 60.7 Å². The highest BCUT2D eigenvalue weighted by Gasteiger charge is 2.26. The predicted molar refractivity (Wildman–Crippen MR) is 127 cm³/mol. The fourth-order valence-electron chi connectivity index (χ4n) is 4.50. The second-order valence-corrected chi connectivity index (χ2v) is 8.81. The maximum absolute atomic E-state index is 5.28. The van der Waals surface area contributed by atoms with Gasteiger partial charge in [-0.2, -0.15) is 5.10 Å². The highest BCUT2D eigenvalue weighted by atomic mass is 16.5. The molecule has 3 aromatic rings. The predicted octanol–water partition coefficient (Wildman–Crippen LogP) is 5.82. The monoisotopic (exact) mass is 415 g/mol. The Morgan fingerprint density at radius 2 is 1.74 bits per heavy atom. The van der Waals surface area contributed by atoms with Crippen LogP contribution >= 0.6 is 0 Å². The van der Waals surface area contributed by atoms with Gasteiger partial charge in [-0.15, -0.1) is 0 Å². The van der Waals surface area contributed by atoms with Crippen molar-refractivity contribution in [2.75, 3.05) is 7.11 Å². The molecule has 0 saturated heterocycles. The van der Waals surface area contributed by atoms with Gasteiger partial charge < -0.3 is 10.1 Å². The average Bonchev–Trinajstić information content (AvgIpc) is 3.36. The number of ether oxygens (including phenoxy) is 1. The molecule has 1 aliphatic carbocycles. The van der Waals surface area contributed by atoms with Crippen molar-refractivity contribution in [1.29, 1.82) is 0 Å². The maximum Gasteiger partial charge on any atom is 0.119 e. The second kappa shape index (κ2) is 9.11. The van der Waals surface area contributed by atoms with Crippen LogP contribution in [0.4, 0.5) is 0 Å². The molecule has 0 radical (unpaired) electrons. The molecule has 4 rings (SSSR count). The van der Waals surface area contributed by atoms with Crippen LogP contribution in [-0.4, -0.2) is 22.9 Å². The summed E-state index contributed by atoms with van der Waals surface area (Å²) >= 11 is 0. The summed E-state index contributed by atoms with van der Waals surface area (Å²) in [6.45, 7) is 9.65. The van der Waals surface area contributed by atoms with Crippen molar-refractivity contribution in [2.45, 2.75) is 58.5 Å². The maximum atomic E-state index is 5.28. The number of allylic oxidation sites excluding steroid dienone is 1. The number of rotatable bonds is 7. The molecule has 1 N–H and O–H groups in total. The van der Waals surface area contributed by atoms with Gasteiger partial charge in [-0.05, 0) is 61.6 Å². The van der Waals surface area contributed by atoms with Crippen LogP contribution in [-0.2, 0) is 6.54 Å². The quantitative estimate of drug-likeness (QED) is 0.494. The summed E-state index contributed by atoms with van der Waals surface area (Å²) in [5.74, 6) is 1.83. The first-order valence-electron chi connectivity index (χ1n) is 11.2. The van der Waals surface area contributed by atoms with E-state index in [1.165, 1.54) is 22.4 Å². The number of nitrogens with one attached hydrogen (secondary N) is 1. The summed E-state index contributed by atoms with van der Waals surface area (Å²) in [6.07, 6.45) is 5.73. The molecule has 1 heterocycles.